The van der Waals surface area contributed by atoms with Crippen molar-refractivity contribution in [2.24, 2.45) is 0 Å². The monoisotopic (exact) mass is 303 g/mol. The molecule has 0 atom stereocenters. The summed E-state index contributed by atoms with van der Waals surface area (Å²) in [6, 6.07) is 6.99. The number of carbonyl (C=O) groups is 1. The summed E-state index contributed by atoms with van der Waals surface area (Å²) in [5.74, 6) is -0.226. The van der Waals surface area contributed by atoms with Crippen LogP contribution in [0.4, 0.5) is 5.69 Å². The van der Waals surface area contributed by atoms with Crippen LogP contribution in [0.3, 0.4) is 0 Å². The van der Waals surface area contributed by atoms with E-state index in [1.807, 2.05) is 39.8 Å². The highest BCUT2D eigenvalue weighted by Gasteiger charge is 2.19. The number of hydrogen-bond acceptors (Lipinski definition) is 3. The maximum Gasteiger partial charge on any atom is 0.255 e. The summed E-state index contributed by atoms with van der Waals surface area (Å²) < 4.78 is 0. The van der Waals surface area contributed by atoms with E-state index in [1.165, 1.54) is 0 Å². The zero-order chi connectivity index (χ0) is 15.6. The Balaban J connectivity index is 2.27. The first-order valence-corrected chi connectivity index (χ1v) is 7.05. The molecule has 0 aliphatic carbocycles. The largest absolute Gasteiger partial charge is 0.321 e. The maximum absolute atomic E-state index is 12.3. The molecule has 110 valence electrons. The number of aromatic nitrogens is 2. The van der Waals surface area contributed by atoms with Crippen molar-refractivity contribution in [2.75, 3.05) is 5.32 Å². The molecule has 2 aromatic heterocycles. The summed E-state index contributed by atoms with van der Waals surface area (Å²) in [5, 5.41) is 3.12. The van der Waals surface area contributed by atoms with Crippen molar-refractivity contribution in [2.45, 2.75) is 33.1 Å². The molecule has 0 spiro atoms. The van der Waals surface area contributed by atoms with Crippen molar-refractivity contribution in [3.8, 4) is 0 Å². The lowest BCUT2D eigenvalue weighted by atomic mass is 9.91. The van der Waals surface area contributed by atoms with Crippen molar-refractivity contribution < 1.29 is 4.79 Å². The van der Waals surface area contributed by atoms with Gasteiger partial charge in [-0.25, -0.2) is 4.98 Å². The van der Waals surface area contributed by atoms with Crippen LogP contribution in [0.1, 0.15) is 42.5 Å². The first kappa shape index (κ1) is 15.4. The molecule has 0 unspecified atom stereocenters. The number of aryl methyl sites for hydroxylation is 1. The molecule has 0 radical (unpaired) electrons. The van der Waals surface area contributed by atoms with Gasteiger partial charge in [0.1, 0.15) is 5.15 Å². The number of carbonyl (C=O) groups excluding carboxylic acids is 1. The summed E-state index contributed by atoms with van der Waals surface area (Å²) in [7, 11) is 0. The number of nitrogens with zero attached hydrogens (tertiary/aromatic N) is 2. The third kappa shape index (κ3) is 4.02. The number of anilines is 1. The van der Waals surface area contributed by atoms with Gasteiger partial charge in [-0.05, 0) is 31.2 Å². The van der Waals surface area contributed by atoms with Gasteiger partial charge >= 0.3 is 0 Å². The fourth-order valence-corrected chi connectivity index (χ4v) is 1.97. The van der Waals surface area contributed by atoms with E-state index in [2.05, 4.69) is 15.3 Å². The minimum atomic E-state index is -0.226. The minimum Gasteiger partial charge on any atom is -0.321 e. The third-order valence-corrected chi connectivity index (χ3v) is 3.19. The molecule has 2 rings (SSSR count). The van der Waals surface area contributed by atoms with E-state index in [-0.39, 0.29) is 11.3 Å². The molecule has 2 heterocycles. The number of nitrogens with one attached hydrogen (secondary N) is 1. The highest BCUT2D eigenvalue weighted by atomic mass is 35.5. The van der Waals surface area contributed by atoms with Crippen LogP contribution in [-0.2, 0) is 5.41 Å². The molecule has 0 saturated carbocycles. The second-order valence-electron chi connectivity index (χ2n) is 5.96. The molecular formula is C16H18ClN3O. The molecule has 0 aromatic carbocycles. The predicted octanol–water partition coefficient (Wildman–Crippen LogP) is 3.99. The lowest BCUT2D eigenvalue weighted by Crippen LogP contribution is -2.17. The summed E-state index contributed by atoms with van der Waals surface area (Å²) in [6.45, 7) is 7.97. The topological polar surface area (TPSA) is 54.9 Å². The van der Waals surface area contributed by atoms with Crippen molar-refractivity contribution >= 4 is 23.2 Å². The summed E-state index contributed by atoms with van der Waals surface area (Å²) in [5.41, 5.74) is 2.64. The van der Waals surface area contributed by atoms with Crippen molar-refractivity contribution in [1.29, 1.82) is 0 Å². The zero-order valence-electron chi connectivity index (χ0n) is 12.6. The minimum absolute atomic E-state index is 0.175. The van der Waals surface area contributed by atoms with Gasteiger partial charge in [0.2, 0.25) is 0 Å². The van der Waals surface area contributed by atoms with Crippen LogP contribution in [0.25, 0.3) is 0 Å². The molecular weight excluding hydrogens is 286 g/mol. The average Bonchev–Trinajstić information content (AvgIpc) is 2.39. The smallest absolute Gasteiger partial charge is 0.255 e. The van der Waals surface area contributed by atoms with Gasteiger partial charge in [-0.3, -0.25) is 9.78 Å². The SMILES string of the molecule is Cc1ccc(NC(=O)c2cc(Cl)nc(C(C)(C)C)c2)cn1. The molecule has 1 N–H and O–H groups in total. The Morgan fingerprint density at radius 1 is 1.24 bits per heavy atom. The van der Waals surface area contributed by atoms with Crippen LogP contribution in [0.15, 0.2) is 30.5 Å². The molecule has 0 bridgehead atoms. The molecule has 0 fully saturated rings. The van der Waals surface area contributed by atoms with Crippen LogP contribution in [-0.4, -0.2) is 15.9 Å². The highest BCUT2D eigenvalue weighted by molar-refractivity contribution is 6.29. The second kappa shape index (κ2) is 5.82. The molecule has 0 aliphatic rings. The Bertz CT molecular complexity index is 660. The van der Waals surface area contributed by atoms with E-state index in [0.29, 0.717) is 16.4 Å². The zero-order valence-corrected chi connectivity index (χ0v) is 13.3. The van der Waals surface area contributed by atoms with Crippen molar-refractivity contribution in [3.63, 3.8) is 0 Å². The van der Waals surface area contributed by atoms with Gasteiger partial charge in [-0.1, -0.05) is 32.4 Å². The van der Waals surface area contributed by atoms with E-state index in [1.54, 1.807) is 18.3 Å². The van der Waals surface area contributed by atoms with E-state index in [9.17, 15) is 4.79 Å². The highest BCUT2D eigenvalue weighted by Crippen LogP contribution is 2.23. The summed E-state index contributed by atoms with van der Waals surface area (Å²) in [4.78, 5) is 20.7. The van der Waals surface area contributed by atoms with Crippen LogP contribution >= 0.6 is 11.6 Å². The van der Waals surface area contributed by atoms with E-state index in [4.69, 9.17) is 11.6 Å². The average molecular weight is 304 g/mol. The predicted molar refractivity (Wildman–Crippen MR) is 84.9 cm³/mol. The molecule has 21 heavy (non-hydrogen) atoms. The third-order valence-electron chi connectivity index (χ3n) is 2.99. The summed E-state index contributed by atoms with van der Waals surface area (Å²) in [6.07, 6.45) is 1.63. The van der Waals surface area contributed by atoms with Gasteiger partial charge in [-0.15, -0.1) is 0 Å². The van der Waals surface area contributed by atoms with E-state index < -0.39 is 0 Å². The fraction of sp³-hybridized carbons (Fsp3) is 0.312. The Morgan fingerprint density at radius 3 is 2.52 bits per heavy atom. The van der Waals surface area contributed by atoms with E-state index in [0.717, 1.165) is 11.4 Å². The van der Waals surface area contributed by atoms with Gasteiger partial charge < -0.3 is 5.32 Å². The maximum atomic E-state index is 12.3. The van der Waals surface area contributed by atoms with Crippen LogP contribution in [0.2, 0.25) is 5.15 Å². The first-order valence-electron chi connectivity index (χ1n) is 6.68. The number of pyridine rings is 2. The Labute approximate surface area is 129 Å². The number of amides is 1. The second-order valence-corrected chi connectivity index (χ2v) is 6.34. The quantitative estimate of drug-likeness (QED) is 0.854. The lowest BCUT2D eigenvalue weighted by Gasteiger charge is -2.18. The normalized spacial score (nSPS) is 11.3. The molecule has 5 heteroatoms. The molecule has 2 aromatic rings. The van der Waals surface area contributed by atoms with E-state index >= 15 is 0 Å². The lowest BCUT2D eigenvalue weighted by molar-refractivity contribution is 0.102. The molecule has 0 aliphatic heterocycles. The van der Waals surface area contributed by atoms with Crippen LogP contribution in [0.5, 0.6) is 0 Å². The van der Waals surface area contributed by atoms with Crippen molar-refractivity contribution in [1.82, 2.24) is 9.97 Å². The van der Waals surface area contributed by atoms with Gasteiger partial charge in [-0.2, -0.15) is 0 Å². The Morgan fingerprint density at radius 2 is 1.95 bits per heavy atom. The summed E-state index contributed by atoms with van der Waals surface area (Å²) >= 11 is 6.02. The number of hydrogen-bond donors (Lipinski definition) is 1. The van der Waals surface area contributed by atoms with Crippen molar-refractivity contribution in [3.05, 3.63) is 52.6 Å². The Kier molecular flexibility index (Phi) is 4.28. The molecule has 0 saturated heterocycles. The Hall–Kier alpha value is -1.94. The molecule has 1 amide bonds. The van der Waals surface area contributed by atoms with Gasteiger partial charge in [0.05, 0.1) is 11.9 Å². The fourth-order valence-electron chi connectivity index (χ4n) is 1.76. The first-order chi connectivity index (χ1) is 9.75. The number of rotatable bonds is 2. The van der Waals surface area contributed by atoms with Gasteiger partial charge in [0.15, 0.2) is 0 Å². The van der Waals surface area contributed by atoms with Gasteiger partial charge in [0, 0.05) is 22.4 Å². The van der Waals surface area contributed by atoms with Crippen LogP contribution in [0, 0.1) is 6.92 Å². The standard InChI is InChI=1S/C16H18ClN3O/c1-10-5-6-12(9-18-10)19-15(21)11-7-13(16(2,3)4)20-14(17)8-11/h5-9H,1-4H3,(H,19,21). The number of halogens is 1. The van der Waals surface area contributed by atoms with Gasteiger partial charge in [0.25, 0.3) is 5.91 Å². The van der Waals surface area contributed by atoms with Crippen LogP contribution < -0.4 is 5.32 Å². The molecule has 4 nitrogen and oxygen atoms in total.